The summed E-state index contributed by atoms with van der Waals surface area (Å²) in [7, 11) is -3.86. The number of nitrogens with one attached hydrogen (secondary N) is 1. The van der Waals surface area contributed by atoms with Crippen LogP contribution in [0.5, 0.6) is 0 Å². The van der Waals surface area contributed by atoms with Gasteiger partial charge in [-0.1, -0.05) is 84.5 Å². The Kier molecular flexibility index (Phi) is 15.0. The first-order valence-electron chi connectivity index (χ1n) is 11.9. The van der Waals surface area contributed by atoms with E-state index in [2.05, 4.69) is 19.2 Å². The second-order valence-corrected chi connectivity index (χ2v) is 9.68. The second-order valence-electron chi connectivity index (χ2n) is 8.32. The number of phosphoric ester groups is 1. The summed E-state index contributed by atoms with van der Waals surface area (Å²) in [5, 5.41) is 2.95. The number of amides is 1. The summed E-state index contributed by atoms with van der Waals surface area (Å²) in [6, 6.07) is 0. The van der Waals surface area contributed by atoms with Gasteiger partial charge in [-0.3, -0.25) is 13.8 Å². The molecule has 0 saturated carbocycles. The summed E-state index contributed by atoms with van der Waals surface area (Å²) in [5.74, 6) is 0.159. The van der Waals surface area contributed by atoms with Crippen molar-refractivity contribution < 1.29 is 23.3 Å². The number of rotatable bonds is 18. The van der Waals surface area contributed by atoms with Crippen LogP contribution in [0, 0.1) is 0 Å². The van der Waals surface area contributed by atoms with Crippen molar-refractivity contribution in [1.82, 2.24) is 5.32 Å². The Morgan fingerprint density at radius 1 is 0.793 bits per heavy atom. The molecule has 1 aliphatic rings. The molecule has 1 saturated heterocycles. The first-order valence-corrected chi connectivity index (χ1v) is 13.4. The molecular weight excluding hydrogens is 389 g/mol. The summed E-state index contributed by atoms with van der Waals surface area (Å²) >= 11 is 0. The average molecular weight is 434 g/mol. The van der Waals surface area contributed by atoms with E-state index in [-0.39, 0.29) is 18.1 Å². The normalized spacial score (nSPS) is 24.1. The largest absolute Gasteiger partial charge is 0.472 e. The minimum absolute atomic E-state index is 0.159. The first-order chi connectivity index (χ1) is 14.0. The zero-order valence-electron chi connectivity index (χ0n) is 18.7. The predicted molar refractivity (Wildman–Crippen MR) is 118 cm³/mol. The molecule has 1 fully saturated rings. The van der Waals surface area contributed by atoms with Crippen LogP contribution in [-0.2, 0) is 18.4 Å². The topological polar surface area (TPSA) is 84.9 Å². The van der Waals surface area contributed by atoms with Gasteiger partial charge in [-0.05, 0) is 25.7 Å². The summed E-state index contributed by atoms with van der Waals surface area (Å²) in [5.41, 5.74) is 0. The average Bonchev–Trinajstić information content (AvgIpc) is 2.97. The van der Waals surface area contributed by atoms with Gasteiger partial charge in [0, 0.05) is 13.0 Å². The molecule has 0 bridgehead atoms. The van der Waals surface area contributed by atoms with Gasteiger partial charge in [0.05, 0.1) is 12.2 Å². The molecule has 172 valence electrons. The zero-order valence-corrected chi connectivity index (χ0v) is 19.6. The molecule has 29 heavy (non-hydrogen) atoms. The van der Waals surface area contributed by atoms with E-state index in [1.807, 2.05) is 0 Å². The first kappa shape index (κ1) is 26.6. The van der Waals surface area contributed by atoms with Gasteiger partial charge < -0.3 is 10.2 Å². The third-order valence-corrected chi connectivity index (χ3v) is 6.61. The highest BCUT2D eigenvalue weighted by atomic mass is 31.2. The Bertz CT molecular complexity index is 474. The van der Waals surface area contributed by atoms with E-state index >= 15 is 0 Å². The molecule has 0 aromatic carbocycles. The minimum atomic E-state index is -3.86. The van der Waals surface area contributed by atoms with Crippen molar-refractivity contribution in [3.05, 3.63) is 0 Å². The van der Waals surface area contributed by atoms with Gasteiger partial charge in [-0.25, -0.2) is 4.57 Å². The van der Waals surface area contributed by atoms with Crippen molar-refractivity contribution in [2.45, 2.75) is 129 Å². The van der Waals surface area contributed by atoms with Crippen molar-refractivity contribution in [3.8, 4) is 0 Å². The molecule has 1 heterocycles. The van der Waals surface area contributed by atoms with E-state index in [9.17, 15) is 14.3 Å². The quantitative estimate of drug-likeness (QED) is 0.197. The maximum Gasteiger partial charge on any atom is 0.472 e. The van der Waals surface area contributed by atoms with Crippen LogP contribution in [0.1, 0.15) is 117 Å². The smallest absolute Gasteiger partial charge is 0.356 e. The van der Waals surface area contributed by atoms with E-state index < -0.39 is 7.82 Å². The lowest BCUT2D eigenvalue weighted by Crippen LogP contribution is -2.23. The van der Waals surface area contributed by atoms with Gasteiger partial charge in [0.1, 0.15) is 0 Å². The predicted octanol–water partition coefficient (Wildman–Crippen LogP) is 6.27. The molecule has 0 aromatic heterocycles. The molecular formula is C22H44NO5P. The maximum atomic E-state index is 11.8. The van der Waals surface area contributed by atoms with E-state index in [1.165, 1.54) is 25.7 Å². The van der Waals surface area contributed by atoms with Crippen LogP contribution in [0.3, 0.4) is 0 Å². The molecule has 0 radical (unpaired) electrons. The molecule has 3 unspecified atom stereocenters. The third-order valence-electron chi connectivity index (χ3n) is 5.54. The van der Waals surface area contributed by atoms with Gasteiger partial charge >= 0.3 is 7.82 Å². The lowest BCUT2D eigenvalue weighted by atomic mass is 9.99. The number of carbonyl (C=O) groups excluding carboxylic acids is 1. The van der Waals surface area contributed by atoms with E-state index in [4.69, 9.17) is 9.05 Å². The standard InChI is InChI=1S/C22H44NO5P/c1-3-5-7-8-10-13-16-20-21(28-29(25,26)27-20)17-14-11-9-12-15-18-22(24)23-19-6-4-2/h20-21H,3-19H2,1-2H3,(H,23,24)(H,25,26). The van der Waals surface area contributed by atoms with Crippen LogP contribution in [-0.4, -0.2) is 29.6 Å². The van der Waals surface area contributed by atoms with Gasteiger partial charge in [-0.2, -0.15) is 0 Å². The summed E-state index contributed by atoms with van der Waals surface area (Å²) < 4.78 is 22.4. The van der Waals surface area contributed by atoms with Crippen LogP contribution in [0.4, 0.5) is 0 Å². The number of hydrogen-bond acceptors (Lipinski definition) is 4. The Labute approximate surface area is 178 Å². The van der Waals surface area contributed by atoms with Crippen LogP contribution in [0.2, 0.25) is 0 Å². The van der Waals surface area contributed by atoms with Crippen molar-refractivity contribution in [1.29, 1.82) is 0 Å². The Balaban J connectivity index is 2.09. The van der Waals surface area contributed by atoms with Crippen molar-refractivity contribution in [2.75, 3.05) is 6.54 Å². The summed E-state index contributed by atoms with van der Waals surface area (Å²) in [6.07, 6.45) is 16.0. The van der Waals surface area contributed by atoms with Gasteiger partial charge in [0.15, 0.2) is 0 Å². The molecule has 0 aromatic rings. The van der Waals surface area contributed by atoms with Crippen LogP contribution < -0.4 is 5.32 Å². The number of phosphoric acid groups is 1. The number of unbranched alkanes of at least 4 members (excludes halogenated alkanes) is 10. The molecule has 3 atom stereocenters. The molecule has 7 heteroatoms. The monoisotopic (exact) mass is 433 g/mol. The highest BCUT2D eigenvalue weighted by Crippen LogP contribution is 2.54. The minimum Gasteiger partial charge on any atom is -0.356 e. The van der Waals surface area contributed by atoms with Gasteiger partial charge in [0.25, 0.3) is 0 Å². The van der Waals surface area contributed by atoms with Crippen LogP contribution in [0.15, 0.2) is 0 Å². The fourth-order valence-electron chi connectivity index (χ4n) is 3.76. The van der Waals surface area contributed by atoms with E-state index in [0.717, 1.165) is 77.2 Å². The summed E-state index contributed by atoms with van der Waals surface area (Å²) in [6.45, 7) is 5.11. The Morgan fingerprint density at radius 2 is 1.28 bits per heavy atom. The van der Waals surface area contributed by atoms with E-state index in [1.54, 1.807) is 0 Å². The Hall–Kier alpha value is -0.420. The zero-order chi connectivity index (χ0) is 21.4. The molecule has 1 amide bonds. The van der Waals surface area contributed by atoms with Crippen molar-refractivity contribution in [3.63, 3.8) is 0 Å². The van der Waals surface area contributed by atoms with Crippen molar-refractivity contribution in [2.24, 2.45) is 0 Å². The summed E-state index contributed by atoms with van der Waals surface area (Å²) in [4.78, 5) is 21.3. The fraction of sp³-hybridized carbons (Fsp3) is 0.955. The van der Waals surface area contributed by atoms with Crippen LogP contribution >= 0.6 is 7.82 Å². The SMILES string of the molecule is CCCCCCCCC1OP(=O)(O)OC1CCCCCCCC(=O)NCCCC. The molecule has 6 nitrogen and oxygen atoms in total. The second kappa shape index (κ2) is 16.3. The molecule has 1 aliphatic heterocycles. The fourth-order valence-corrected chi connectivity index (χ4v) is 4.98. The van der Waals surface area contributed by atoms with Gasteiger partial charge in [-0.15, -0.1) is 0 Å². The highest BCUT2D eigenvalue weighted by molar-refractivity contribution is 7.47. The lowest BCUT2D eigenvalue weighted by molar-refractivity contribution is -0.121. The Morgan fingerprint density at radius 3 is 1.83 bits per heavy atom. The van der Waals surface area contributed by atoms with Crippen LogP contribution in [0.25, 0.3) is 0 Å². The molecule has 1 rings (SSSR count). The molecule has 0 spiro atoms. The molecule has 2 N–H and O–H groups in total. The lowest BCUT2D eigenvalue weighted by Gasteiger charge is -2.15. The number of hydrogen-bond donors (Lipinski definition) is 2. The van der Waals surface area contributed by atoms with Crippen molar-refractivity contribution >= 4 is 13.7 Å². The maximum absolute atomic E-state index is 11.8. The number of carbonyl (C=O) groups is 1. The third kappa shape index (κ3) is 13.5. The van der Waals surface area contributed by atoms with Gasteiger partial charge in [0.2, 0.25) is 5.91 Å². The van der Waals surface area contributed by atoms with E-state index in [0.29, 0.717) is 6.42 Å². The highest BCUT2D eigenvalue weighted by Gasteiger charge is 2.42. The molecule has 0 aliphatic carbocycles.